The fourth-order valence-corrected chi connectivity index (χ4v) is 7.42. The van der Waals surface area contributed by atoms with Gasteiger partial charge in [-0.15, -0.1) is 0 Å². The number of hydrogen-bond donors (Lipinski definition) is 1. The van der Waals surface area contributed by atoms with Crippen molar-refractivity contribution in [1.82, 2.24) is 0 Å². The minimum atomic E-state index is -1.79. The number of epoxide rings is 1. The molecular weight excluding hydrogens is 500 g/mol. The molecule has 0 amide bonds. The summed E-state index contributed by atoms with van der Waals surface area (Å²) in [6, 6.07) is 0. The van der Waals surface area contributed by atoms with Crippen molar-refractivity contribution < 1.29 is 38.4 Å². The first-order chi connectivity index (χ1) is 18.4. The van der Waals surface area contributed by atoms with Gasteiger partial charge in [0.25, 0.3) is 0 Å². The van der Waals surface area contributed by atoms with Crippen LogP contribution in [0.3, 0.4) is 0 Å². The predicted octanol–water partition coefficient (Wildman–Crippen LogP) is 3.95. The van der Waals surface area contributed by atoms with Gasteiger partial charge < -0.3 is 28.8 Å². The molecule has 0 saturated carbocycles. The highest BCUT2D eigenvalue weighted by atomic mass is 16.7. The third-order valence-corrected chi connectivity index (χ3v) is 9.98. The van der Waals surface area contributed by atoms with Crippen molar-refractivity contribution >= 4 is 11.8 Å². The number of fused-ring (bicyclic) bond motifs is 3. The fraction of sp³-hybridized carbons (Fsp3) is 0.742. The average Bonchev–Trinajstić information content (AvgIpc) is 3.34. The van der Waals surface area contributed by atoms with E-state index in [0.717, 1.165) is 19.3 Å². The molecule has 11 atom stereocenters. The van der Waals surface area contributed by atoms with Crippen LogP contribution in [0.15, 0.2) is 35.5 Å². The van der Waals surface area contributed by atoms with Gasteiger partial charge in [-0.3, -0.25) is 9.59 Å². The first kappa shape index (κ1) is 27.3. The Hall–Kier alpha value is -1.84. The number of ether oxygens (including phenoxy) is 5. The van der Waals surface area contributed by atoms with Crippen LogP contribution in [0.25, 0.3) is 0 Å². The van der Waals surface area contributed by atoms with E-state index in [1.807, 2.05) is 6.08 Å². The summed E-state index contributed by atoms with van der Waals surface area (Å²) < 4.78 is 31.4. The quantitative estimate of drug-likeness (QED) is 0.363. The van der Waals surface area contributed by atoms with E-state index in [2.05, 4.69) is 33.8 Å². The van der Waals surface area contributed by atoms with Crippen LogP contribution in [-0.4, -0.2) is 71.0 Å². The predicted molar refractivity (Wildman–Crippen MR) is 142 cm³/mol. The van der Waals surface area contributed by atoms with Gasteiger partial charge in [-0.05, 0) is 56.6 Å². The molecule has 4 saturated heterocycles. The van der Waals surface area contributed by atoms with Gasteiger partial charge in [-0.2, -0.15) is 0 Å². The summed E-state index contributed by atoms with van der Waals surface area (Å²) >= 11 is 0. The summed E-state index contributed by atoms with van der Waals surface area (Å²) in [6.07, 6.45) is 9.85. The molecule has 0 aromatic heterocycles. The average molecular weight is 543 g/mol. The van der Waals surface area contributed by atoms with Gasteiger partial charge in [0.2, 0.25) is 0 Å². The second-order valence-electron chi connectivity index (χ2n) is 13.1. The molecule has 2 bridgehead atoms. The number of ketones is 1. The van der Waals surface area contributed by atoms with Crippen molar-refractivity contribution in [3.05, 3.63) is 35.5 Å². The van der Waals surface area contributed by atoms with E-state index in [-0.39, 0.29) is 42.2 Å². The van der Waals surface area contributed by atoms with Gasteiger partial charge in [0.1, 0.15) is 17.6 Å². The molecule has 4 fully saturated rings. The number of carbonyl (C=O) groups is 2. The van der Waals surface area contributed by atoms with Gasteiger partial charge >= 0.3 is 5.97 Å². The lowest BCUT2D eigenvalue weighted by molar-refractivity contribution is -0.333. The summed E-state index contributed by atoms with van der Waals surface area (Å²) in [7, 11) is 0. The summed E-state index contributed by atoms with van der Waals surface area (Å²) in [4.78, 5) is 26.8. The molecule has 5 aliphatic heterocycles. The van der Waals surface area contributed by atoms with Gasteiger partial charge in [0, 0.05) is 25.7 Å². The molecule has 214 valence electrons. The second-order valence-corrected chi connectivity index (χ2v) is 13.1. The zero-order valence-electron chi connectivity index (χ0n) is 23.7. The van der Waals surface area contributed by atoms with E-state index in [9.17, 15) is 14.7 Å². The largest absolute Gasteiger partial charge is 0.462 e. The maximum absolute atomic E-state index is 13.8. The highest BCUT2D eigenvalue weighted by Crippen LogP contribution is 2.49. The van der Waals surface area contributed by atoms with Crippen molar-refractivity contribution in [2.24, 2.45) is 17.8 Å². The first-order valence-electron chi connectivity index (χ1n) is 14.6. The summed E-state index contributed by atoms with van der Waals surface area (Å²) in [5, 5.41) is 12.0. The first-order valence-corrected chi connectivity index (χ1v) is 14.6. The topological polar surface area (TPSA) is 104 Å². The Morgan fingerprint density at radius 1 is 1.03 bits per heavy atom. The Bertz CT molecular complexity index is 1130. The number of hydrogen-bond acceptors (Lipinski definition) is 8. The molecule has 8 heteroatoms. The minimum absolute atomic E-state index is 0.0292. The molecular formula is C31H42O8. The minimum Gasteiger partial charge on any atom is -0.462 e. The molecule has 6 rings (SSSR count). The zero-order chi connectivity index (χ0) is 27.7. The van der Waals surface area contributed by atoms with Crippen LogP contribution in [0, 0.1) is 17.8 Å². The van der Waals surface area contributed by atoms with E-state index >= 15 is 0 Å². The van der Waals surface area contributed by atoms with Crippen molar-refractivity contribution in [2.45, 2.75) is 121 Å². The summed E-state index contributed by atoms with van der Waals surface area (Å²) in [5.74, 6) is -2.08. The van der Waals surface area contributed by atoms with Crippen molar-refractivity contribution in [3.63, 3.8) is 0 Å². The number of aliphatic hydroxyl groups is 1. The third-order valence-electron chi connectivity index (χ3n) is 9.98. The number of esters is 1. The molecule has 1 N–H and O–H groups in total. The van der Waals surface area contributed by atoms with E-state index < -0.39 is 35.5 Å². The smallest absolute Gasteiger partial charge is 0.316 e. The van der Waals surface area contributed by atoms with Crippen molar-refractivity contribution in [3.8, 4) is 0 Å². The van der Waals surface area contributed by atoms with Gasteiger partial charge in [0.05, 0.1) is 30.5 Å². The van der Waals surface area contributed by atoms with Gasteiger partial charge in [-0.25, -0.2) is 0 Å². The lowest BCUT2D eigenvalue weighted by Gasteiger charge is -2.49. The zero-order valence-corrected chi connectivity index (χ0v) is 23.7. The van der Waals surface area contributed by atoms with E-state index in [1.54, 1.807) is 19.1 Å². The van der Waals surface area contributed by atoms with Crippen LogP contribution in [0.2, 0.25) is 0 Å². The number of Topliss-reactive ketones (excluding diaryl/α,β-unsaturated/α-hetero) is 1. The van der Waals surface area contributed by atoms with E-state index in [0.29, 0.717) is 36.3 Å². The van der Waals surface area contributed by atoms with Crippen LogP contribution in [-0.2, 0) is 33.3 Å². The summed E-state index contributed by atoms with van der Waals surface area (Å²) in [6.45, 7) is 10.3. The third kappa shape index (κ3) is 4.76. The molecule has 39 heavy (non-hydrogen) atoms. The molecule has 1 aliphatic carbocycles. The second kappa shape index (κ2) is 9.62. The number of rotatable bonds is 0. The lowest BCUT2D eigenvalue weighted by Crippen LogP contribution is -2.57. The molecule has 6 aliphatic rings. The van der Waals surface area contributed by atoms with Crippen molar-refractivity contribution in [2.75, 3.05) is 6.61 Å². The molecule has 0 aromatic carbocycles. The van der Waals surface area contributed by atoms with E-state index in [4.69, 9.17) is 23.7 Å². The normalized spacial score (nSPS) is 52.2. The Morgan fingerprint density at radius 2 is 1.82 bits per heavy atom. The van der Waals surface area contributed by atoms with Crippen LogP contribution >= 0.6 is 0 Å². The Balaban J connectivity index is 1.36. The van der Waals surface area contributed by atoms with Gasteiger partial charge in [0.15, 0.2) is 17.7 Å². The van der Waals surface area contributed by atoms with Crippen LogP contribution in [0.5, 0.6) is 0 Å². The van der Waals surface area contributed by atoms with E-state index in [1.165, 1.54) is 0 Å². The standard InChI is InChI=1S/C31H42O8/c1-17-7-6-8-21-16-35-27-26(32)19(3)11-24(31(21,27)34)28(33)36-23-12-22(13-25-29(5,14-17)39-25)38-30(15-23)10-9-18(2)20(4)37-30/h6-8,11,17-18,20,22-25,27,34H,9-10,12-16H2,1-5H3/b7-6+,21-8+/t17-,18-,20+,22-,23-,24-,25?,27+,29?,30-,31+/m0/s1. The number of allylic oxidation sites excluding steroid dienone is 3. The molecule has 8 nitrogen and oxygen atoms in total. The number of carbonyl (C=O) groups excluding carboxylic acids is 2. The molecule has 5 heterocycles. The van der Waals surface area contributed by atoms with Crippen LogP contribution in [0.1, 0.15) is 73.1 Å². The molecule has 0 radical (unpaired) electrons. The highest BCUT2D eigenvalue weighted by Gasteiger charge is 2.61. The van der Waals surface area contributed by atoms with Crippen LogP contribution < -0.4 is 0 Å². The molecule has 0 aromatic rings. The maximum atomic E-state index is 13.8. The van der Waals surface area contributed by atoms with Crippen molar-refractivity contribution in [1.29, 1.82) is 0 Å². The monoisotopic (exact) mass is 542 g/mol. The Labute approximate surface area is 230 Å². The molecule has 2 unspecified atom stereocenters. The fourth-order valence-electron chi connectivity index (χ4n) is 7.42. The Kier molecular flexibility index (Phi) is 6.74. The maximum Gasteiger partial charge on any atom is 0.316 e. The van der Waals surface area contributed by atoms with Gasteiger partial charge in [-0.1, -0.05) is 38.2 Å². The molecule has 1 spiro atoms. The van der Waals surface area contributed by atoms with Crippen LogP contribution in [0.4, 0.5) is 0 Å². The Morgan fingerprint density at radius 3 is 2.59 bits per heavy atom. The summed E-state index contributed by atoms with van der Waals surface area (Å²) in [5.41, 5.74) is -1.13. The highest BCUT2D eigenvalue weighted by molar-refractivity contribution is 6.03. The lowest BCUT2D eigenvalue weighted by atomic mass is 9.71. The SMILES string of the molecule is CC1=C[C@H]2C(=O)O[C@H]3C[C@@H](CC4OC4(C)C[C@@H](C)/C=C/C=C4\CO[C@H](C1=O)[C@@]42O)O[C@@]1(CC[C@H](C)[C@@H](C)O1)C3.